The van der Waals surface area contributed by atoms with E-state index < -0.39 is 6.10 Å². The van der Waals surface area contributed by atoms with Crippen LogP contribution in [0.3, 0.4) is 0 Å². The molecule has 0 spiro atoms. The molecule has 1 atom stereocenters. The second kappa shape index (κ2) is 10.5. The van der Waals surface area contributed by atoms with Gasteiger partial charge in [-0.3, -0.25) is 9.59 Å². The third kappa shape index (κ3) is 5.65. The zero-order chi connectivity index (χ0) is 24.2. The zero-order valence-corrected chi connectivity index (χ0v) is 20.7. The number of ether oxygens (including phenoxy) is 1. The van der Waals surface area contributed by atoms with Crippen LogP contribution in [0.15, 0.2) is 53.9 Å². The van der Waals surface area contributed by atoms with Gasteiger partial charge in [0.05, 0.1) is 30.9 Å². The average molecular weight is 491 g/mol. The van der Waals surface area contributed by atoms with Gasteiger partial charge in [-0.15, -0.1) is 11.3 Å². The van der Waals surface area contributed by atoms with Crippen LogP contribution in [0.4, 0.5) is 11.4 Å². The lowest BCUT2D eigenvalue weighted by molar-refractivity contribution is -0.139. The maximum absolute atomic E-state index is 13.2. The number of hydrogen-bond donors (Lipinski definition) is 1. The summed E-state index contributed by atoms with van der Waals surface area (Å²) in [7, 11) is 0. The SMILES string of the molecule is Cc1ccc(NC(=O)Cc2nc(CN3CC(C(=O)N4CCCCC4)Oc4ccccc43)cs2)cc1. The molecular formula is C27H30N4O3S. The van der Waals surface area contributed by atoms with E-state index in [0.717, 1.165) is 59.3 Å². The molecule has 0 bridgehead atoms. The predicted molar refractivity (Wildman–Crippen MR) is 138 cm³/mol. The van der Waals surface area contributed by atoms with E-state index in [0.29, 0.717) is 13.1 Å². The average Bonchev–Trinajstić information content (AvgIpc) is 3.31. The van der Waals surface area contributed by atoms with Crippen LogP contribution < -0.4 is 15.0 Å². The first-order chi connectivity index (χ1) is 17.0. The second-order valence-corrected chi connectivity index (χ2v) is 10.1. The molecular weight excluding hydrogens is 460 g/mol. The van der Waals surface area contributed by atoms with Gasteiger partial charge in [-0.25, -0.2) is 4.98 Å². The Bertz CT molecular complexity index is 1190. The van der Waals surface area contributed by atoms with Crippen molar-refractivity contribution in [3.05, 3.63) is 70.2 Å². The van der Waals surface area contributed by atoms with E-state index in [4.69, 9.17) is 9.72 Å². The van der Waals surface area contributed by atoms with E-state index in [2.05, 4.69) is 10.2 Å². The summed E-state index contributed by atoms with van der Waals surface area (Å²) < 4.78 is 6.13. The van der Waals surface area contributed by atoms with Crippen molar-refractivity contribution >= 4 is 34.5 Å². The second-order valence-electron chi connectivity index (χ2n) is 9.16. The fourth-order valence-electron chi connectivity index (χ4n) is 4.58. The number of nitrogens with zero attached hydrogens (tertiary/aromatic N) is 3. The van der Waals surface area contributed by atoms with E-state index in [1.54, 1.807) is 0 Å². The summed E-state index contributed by atoms with van der Waals surface area (Å²) in [6.45, 7) is 4.66. The molecule has 2 amide bonds. The highest BCUT2D eigenvalue weighted by molar-refractivity contribution is 7.09. The summed E-state index contributed by atoms with van der Waals surface area (Å²) in [5.74, 6) is 0.705. The molecule has 3 heterocycles. The number of likely N-dealkylation sites (tertiary alicyclic amines) is 1. The van der Waals surface area contributed by atoms with Gasteiger partial charge in [-0.1, -0.05) is 29.8 Å². The largest absolute Gasteiger partial charge is 0.477 e. The number of aromatic nitrogens is 1. The first-order valence-electron chi connectivity index (χ1n) is 12.1. The number of thiazole rings is 1. The number of anilines is 2. The zero-order valence-electron chi connectivity index (χ0n) is 19.9. The summed E-state index contributed by atoms with van der Waals surface area (Å²) in [4.78, 5) is 34.5. The summed E-state index contributed by atoms with van der Waals surface area (Å²) >= 11 is 1.49. The Kier molecular flexibility index (Phi) is 6.99. The number of amides is 2. The Hall–Kier alpha value is -3.39. The van der Waals surface area contributed by atoms with Crippen molar-refractivity contribution in [3.8, 4) is 5.75 Å². The van der Waals surface area contributed by atoms with Crippen LogP contribution in [0.25, 0.3) is 0 Å². The van der Waals surface area contributed by atoms with E-state index >= 15 is 0 Å². The molecule has 1 N–H and O–H groups in total. The fourth-order valence-corrected chi connectivity index (χ4v) is 5.36. The number of carbonyl (C=O) groups is 2. The highest BCUT2D eigenvalue weighted by Crippen LogP contribution is 2.35. The lowest BCUT2D eigenvalue weighted by Crippen LogP contribution is -2.51. The summed E-state index contributed by atoms with van der Waals surface area (Å²) in [5, 5.41) is 5.69. The van der Waals surface area contributed by atoms with Crippen LogP contribution in [0.5, 0.6) is 5.75 Å². The van der Waals surface area contributed by atoms with Gasteiger partial charge in [0.25, 0.3) is 5.91 Å². The lowest BCUT2D eigenvalue weighted by atomic mass is 10.1. The van der Waals surface area contributed by atoms with Crippen molar-refractivity contribution < 1.29 is 14.3 Å². The molecule has 3 aromatic rings. The van der Waals surface area contributed by atoms with Gasteiger partial charge < -0.3 is 19.9 Å². The molecule has 2 aliphatic heterocycles. The van der Waals surface area contributed by atoms with E-state index in [1.807, 2.05) is 65.7 Å². The quantitative estimate of drug-likeness (QED) is 0.554. The molecule has 0 saturated carbocycles. The first kappa shape index (κ1) is 23.4. The molecule has 1 unspecified atom stereocenters. The van der Waals surface area contributed by atoms with Crippen LogP contribution >= 0.6 is 11.3 Å². The van der Waals surface area contributed by atoms with E-state index in [1.165, 1.54) is 17.8 Å². The van der Waals surface area contributed by atoms with Crippen molar-refractivity contribution in [1.82, 2.24) is 9.88 Å². The van der Waals surface area contributed by atoms with Gasteiger partial charge in [0.1, 0.15) is 10.8 Å². The molecule has 5 rings (SSSR count). The maximum atomic E-state index is 13.2. The Labute approximate surface area is 209 Å². The smallest absolute Gasteiger partial charge is 0.265 e. The van der Waals surface area contributed by atoms with Crippen LogP contribution in [-0.2, 0) is 22.6 Å². The molecule has 7 nitrogen and oxygen atoms in total. The van der Waals surface area contributed by atoms with Gasteiger partial charge in [0, 0.05) is 24.2 Å². The van der Waals surface area contributed by atoms with E-state index in [9.17, 15) is 9.59 Å². The molecule has 35 heavy (non-hydrogen) atoms. The molecule has 0 aliphatic carbocycles. The third-order valence-electron chi connectivity index (χ3n) is 6.40. The van der Waals surface area contributed by atoms with Gasteiger partial charge in [0.2, 0.25) is 5.91 Å². The summed E-state index contributed by atoms with van der Waals surface area (Å²) in [6.07, 6.45) is 2.99. The van der Waals surface area contributed by atoms with Gasteiger partial charge in [-0.2, -0.15) is 0 Å². The van der Waals surface area contributed by atoms with Gasteiger partial charge in [0.15, 0.2) is 6.10 Å². The van der Waals surface area contributed by atoms with Gasteiger partial charge >= 0.3 is 0 Å². The van der Waals surface area contributed by atoms with Crippen molar-refractivity contribution in [1.29, 1.82) is 0 Å². The third-order valence-corrected chi connectivity index (χ3v) is 7.30. The number of fused-ring (bicyclic) bond motifs is 1. The Morgan fingerprint density at radius 3 is 2.66 bits per heavy atom. The maximum Gasteiger partial charge on any atom is 0.265 e. The highest BCUT2D eigenvalue weighted by atomic mass is 32.1. The minimum absolute atomic E-state index is 0.0657. The van der Waals surface area contributed by atoms with Crippen molar-refractivity contribution in [3.63, 3.8) is 0 Å². The number of hydrogen-bond acceptors (Lipinski definition) is 6. The summed E-state index contributed by atoms with van der Waals surface area (Å²) in [5.41, 5.74) is 3.78. The highest BCUT2D eigenvalue weighted by Gasteiger charge is 2.34. The minimum Gasteiger partial charge on any atom is -0.477 e. The number of rotatable bonds is 6. The Morgan fingerprint density at radius 2 is 1.86 bits per heavy atom. The molecule has 0 radical (unpaired) electrons. The van der Waals surface area contributed by atoms with Crippen LogP contribution in [0.1, 0.15) is 35.5 Å². The lowest BCUT2D eigenvalue weighted by Gasteiger charge is -2.38. The molecule has 1 aromatic heterocycles. The number of benzene rings is 2. The van der Waals surface area contributed by atoms with Crippen LogP contribution in [-0.4, -0.2) is 47.4 Å². The number of carbonyl (C=O) groups excluding carboxylic acids is 2. The Balaban J connectivity index is 1.25. The van der Waals surface area contributed by atoms with Crippen molar-refractivity contribution in [2.75, 3.05) is 29.9 Å². The monoisotopic (exact) mass is 490 g/mol. The van der Waals surface area contributed by atoms with Crippen LogP contribution in [0, 0.1) is 6.92 Å². The Morgan fingerprint density at radius 1 is 1.09 bits per heavy atom. The number of aryl methyl sites for hydroxylation is 1. The number of para-hydroxylation sites is 2. The standard InChI is InChI=1S/C27H30N4O3S/c1-19-9-11-20(12-10-19)28-25(32)15-26-29-21(18-35-26)16-31-17-24(27(33)30-13-5-2-6-14-30)34-23-8-4-3-7-22(23)31/h3-4,7-12,18,24H,2,5-6,13-17H2,1H3,(H,28,32). The predicted octanol–water partition coefficient (Wildman–Crippen LogP) is 4.41. The van der Waals surface area contributed by atoms with Gasteiger partial charge in [-0.05, 0) is 50.5 Å². The molecule has 8 heteroatoms. The minimum atomic E-state index is -0.526. The molecule has 2 aliphatic rings. The molecule has 182 valence electrons. The fraction of sp³-hybridized carbons (Fsp3) is 0.370. The first-order valence-corrected chi connectivity index (χ1v) is 13.0. The number of nitrogens with one attached hydrogen (secondary N) is 1. The summed E-state index contributed by atoms with van der Waals surface area (Å²) in [6, 6.07) is 15.6. The number of piperidine rings is 1. The topological polar surface area (TPSA) is 74.8 Å². The van der Waals surface area contributed by atoms with Crippen molar-refractivity contribution in [2.24, 2.45) is 0 Å². The molecule has 1 saturated heterocycles. The molecule has 2 aromatic carbocycles. The van der Waals surface area contributed by atoms with Crippen LogP contribution in [0.2, 0.25) is 0 Å². The van der Waals surface area contributed by atoms with E-state index in [-0.39, 0.29) is 18.2 Å². The normalized spacial score (nSPS) is 17.5. The van der Waals surface area contributed by atoms with Crippen molar-refractivity contribution in [2.45, 2.75) is 45.3 Å². The molecule has 1 fully saturated rings.